The number of halogens is 6. The molecule has 2 heterocycles. The minimum Gasteiger partial charge on any atom is -0.479 e. The van der Waals surface area contributed by atoms with E-state index in [1.165, 1.54) is 17.7 Å². The van der Waals surface area contributed by atoms with Crippen LogP contribution >= 0.6 is 34.8 Å². The molecule has 13 nitrogen and oxygen atoms in total. The molecule has 0 N–H and O–H groups in total. The molecular weight excluding hydrogens is 772 g/mol. The molecule has 0 fully saturated rings. The lowest BCUT2D eigenvalue weighted by Gasteiger charge is -2.13. The second kappa shape index (κ2) is 17.5. The van der Waals surface area contributed by atoms with Gasteiger partial charge >= 0.3 is 23.8 Å². The summed E-state index contributed by atoms with van der Waals surface area (Å²) in [5.74, 6) is 1.15. The third kappa shape index (κ3) is 10.0. The van der Waals surface area contributed by atoms with E-state index in [4.69, 9.17) is 60.2 Å². The van der Waals surface area contributed by atoms with Gasteiger partial charge in [-0.1, -0.05) is 40.7 Å². The molecule has 0 amide bonds. The number of carbonyl (C=O) groups excluding carboxylic acids is 2. The summed E-state index contributed by atoms with van der Waals surface area (Å²) < 4.78 is 61.6. The minimum atomic E-state index is -4.61. The van der Waals surface area contributed by atoms with Gasteiger partial charge in [0.15, 0.2) is 6.10 Å². The third-order valence-electron chi connectivity index (χ3n) is 7.29. The van der Waals surface area contributed by atoms with Crippen LogP contribution in [0.3, 0.4) is 0 Å². The van der Waals surface area contributed by atoms with Gasteiger partial charge in [0.2, 0.25) is 0 Å². The molecule has 1 aromatic heterocycles. The van der Waals surface area contributed by atoms with Gasteiger partial charge in [-0.05, 0) is 57.0 Å². The van der Waals surface area contributed by atoms with E-state index in [0.717, 1.165) is 55.4 Å². The summed E-state index contributed by atoms with van der Waals surface area (Å²) in [6.45, 7) is 3.57. The van der Waals surface area contributed by atoms with Gasteiger partial charge in [0.05, 0.1) is 37.8 Å². The highest BCUT2D eigenvalue weighted by molar-refractivity contribution is 6.36. The van der Waals surface area contributed by atoms with Crippen LogP contribution in [0.25, 0.3) is 5.69 Å². The molecule has 0 bridgehead atoms. The van der Waals surface area contributed by atoms with Gasteiger partial charge in [-0.3, -0.25) is 14.7 Å². The molecule has 1 aliphatic heterocycles. The van der Waals surface area contributed by atoms with Crippen LogP contribution in [0.1, 0.15) is 48.4 Å². The molecule has 1 unspecified atom stereocenters. The van der Waals surface area contributed by atoms with Crippen LogP contribution in [0, 0.1) is 22.5 Å². The molecule has 0 saturated heterocycles. The largest absolute Gasteiger partial charge is 0.479 e. The van der Waals surface area contributed by atoms with Crippen LogP contribution in [-0.4, -0.2) is 50.5 Å². The van der Waals surface area contributed by atoms with Gasteiger partial charge in [0, 0.05) is 31.2 Å². The van der Waals surface area contributed by atoms with Crippen LogP contribution < -0.4 is 15.2 Å². The van der Waals surface area contributed by atoms with Crippen molar-refractivity contribution in [3.05, 3.63) is 101 Å². The van der Waals surface area contributed by atoms with Gasteiger partial charge in [0.25, 0.3) is 5.69 Å². The second-order valence-corrected chi connectivity index (χ2v) is 12.1. The zero-order chi connectivity index (χ0) is 39.0. The molecule has 19 heteroatoms. The molecule has 0 aliphatic carbocycles. The number of ether oxygens (including phenoxy) is 4. The Morgan fingerprint density at radius 3 is 2.40 bits per heavy atom. The number of fused-ring (bicyclic) bond motifs is 1. The lowest BCUT2D eigenvalue weighted by molar-refractivity contribution is -0.385. The van der Waals surface area contributed by atoms with E-state index < -0.39 is 46.0 Å². The minimum absolute atomic E-state index is 0.0398. The normalized spacial score (nSPS) is 12.7. The standard InChI is InChI=1S/C19H15ClF3NO7.C15H13Cl2N3O2/c1-3-29-17(25)10(2)30-18(26)13-9-12(5-6-15(13)24(27)28)31-16-7-4-11(8-14(16)20)19(21,22)23;1-2-7-22-13-9-12(10(16)8-11(13)17)20-15(21)19-6-4-3-5-14(19)18-20/h4-10H,3H2,1-2H3;1,8-9H,3-7H2. The fourth-order valence-electron chi connectivity index (χ4n) is 4.79. The van der Waals surface area contributed by atoms with E-state index in [0.29, 0.717) is 34.1 Å². The molecule has 1 atom stereocenters. The van der Waals surface area contributed by atoms with Crippen molar-refractivity contribution in [1.29, 1.82) is 0 Å². The van der Waals surface area contributed by atoms with Gasteiger partial charge in [-0.15, -0.1) is 11.5 Å². The number of esters is 2. The monoisotopic (exact) mass is 798 g/mol. The van der Waals surface area contributed by atoms with Gasteiger partial charge in [-0.2, -0.15) is 17.9 Å². The van der Waals surface area contributed by atoms with E-state index in [1.54, 1.807) is 17.6 Å². The molecule has 0 saturated carbocycles. The lowest BCUT2D eigenvalue weighted by atomic mass is 10.1. The Morgan fingerprint density at radius 1 is 1.06 bits per heavy atom. The Bertz CT molecular complexity index is 2130. The number of hydrogen-bond acceptors (Lipinski definition) is 10. The van der Waals surface area contributed by atoms with Crippen LogP contribution in [0.5, 0.6) is 17.2 Å². The highest BCUT2D eigenvalue weighted by Gasteiger charge is 2.31. The summed E-state index contributed by atoms with van der Waals surface area (Å²) in [5, 5.41) is 15.9. The maximum absolute atomic E-state index is 12.8. The predicted molar refractivity (Wildman–Crippen MR) is 186 cm³/mol. The van der Waals surface area contributed by atoms with Gasteiger partial charge in [-0.25, -0.2) is 14.4 Å². The van der Waals surface area contributed by atoms with Crippen molar-refractivity contribution in [2.24, 2.45) is 0 Å². The summed E-state index contributed by atoms with van der Waals surface area (Å²) in [7, 11) is 0. The van der Waals surface area contributed by atoms with E-state index in [2.05, 4.69) is 11.0 Å². The number of aryl methyl sites for hydroxylation is 1. The van der Waals surface area contributed by atoms with E-state index in [1.807, 2.05) is 0 Å². The topological polar surface area (TPSA) is 154 Å². The first-order valence-corrected chi connectivity index (χ1v) is 16.6. The summed E-state index contributed by atoms with van der Waals surface area (Å²) in [6, 6.07) is 8.48. The van der Waals surface area contributed by atoms with Crippen molar-refractivity contribution in [3.63, 3.8) is 0 Å². The predicted octanol–water partition coefficient (Wildman–Crippen LogP) is 7.86. The highest BCUT2D eigenvalue weighted by Crippen LogP contribution is 2.37. The molecule has 1 aliphatic rings. The molecule has 53 heavy (non-hydrogen) atoms. The van der Waals surface area contributed by atoms with E-state index in [9.17, 15) is 37.7 Å². The van der Waals surface area contributed by atoms with E-state index in [-0.39, 0.29) is 35.4 Å². The number of rotatable bonds is 10. The summed E-state index contributed by atoms with van der Waals surface area (Å²) in [5.41, 5.74) is -1.94. The lowest BCUT2D eigenvalue weighted by Crippen LogP contribution is -2.26. The number of nitro benzene ring substituents is 1. The van der Waals surface area contributed by atoms with Crippen LogP contribution in [0.4, 0.5) is 18.9 Å². The van der Waals surface area contributed by atoms with E-state index >= 15 is 0 Å². The zero-order valence-corrected chi connectivity index (χ0v) is 30.0. The Kier molecular flexibility index (Phi) is 13.4. The first kappa shape index (κ1) is 40.5. The van der Waals surface area contributed by atoms with Crippen molar-refractivity contribution in [2.75, 3.05) is 13.2 Å². The molecule has 0 spiro atoms. The third-order valence-corrected chi connectivity index (χ3v) is 8.18. The van der Waals surface area contributed by atoms with Crippen LogP contribution in [-0.2, 0) is 33.4 Å². The van der Waals surface area contributed by atoms with Crippen LogP contribution in [0.15, 0.2) is 53.3 Å². The summed E-state index contributed by atoms with van der Waals surface area (Å²) in [6.07, 6.45) is 2.03. The Hall–Kier alpha value is -5.24. The fourth-order valence-corrected chi connectivity index (χ4v) is 5.52. The summed E-state index contributed by atoms with van der Waals surface area (Å²) in [4.78, 5) is 46.9. The number of aromatic nitrogens is 3. The SMILES string of the molecule is C#CCOc1cc(-n2nc3n(c2=O)CCCC3)c(Cl)cc1Cl.CCOC(=O)C(C)OC(=O)c1cc(Oc2ccc(C(F)(F)F)cc2Cl)ccc1[N+](=O)[O-]. The summed E-state index contributed by atoms with van der Waals surface area (Å²) >= 11 is 18.1. The maximum atomic E-state index is 12.8. The number of hydrogen-bond donors (Lipinski definition) is 0. The quantitative estimate of drug-likeness (QED) is 0.0671. The Morgan fingerprint density at radius 2 is 1.77 bits per heavy atom. The van der Waals surface area contributed by atoms with Crippen molar-refractivity contribution in [1.82, 2.24) is 14.3 Å². The molecule has 280 valence electrons. The van der Waals surface area contributed by atoms with Gasteiger partial charge < -0.3 is 18.9 Å². The van der Waals surface area contributed by atoms with Gasteiger partial charge in [0.1, 0.15) is 35.2 Å². The second-order valence-electron chi connectivity index (χ2n) is 10.9. The average molecular weight is 800 g/mol. The number of carbonyl (C=O) groups is 2. The number of benzene rings is 3. The Labute approximate surface area is 314 Å². The van der Waals surface area contributed by atoms with Crippen molar-refractivity contribution in [3.8, 4) is 35.3 Å². The number of alkyl halides is 3. The Balaban J connectivity index is 0.000000250. The molecule has 4 aromatic rings. The number of nitro groups is 1. The molecule has 5 rings (SSSR count). The highest BCUT2D eigenvalue weighted by atomic mass is 35.5. The molecular formula is C34H28Cl3F3N4O9. The zero-order valence-electron chi connectivity index (χ0n) is 27.7. The molecule has 0 radical (unpaired) electrons. The fraction of sp³-hybridized carbons (Fsp3) is 0.294. The number of terminal acetylenes is 1. The number of nitrogens with zero attached hydrogens (tertiary/aromatic N) is 4. The van der Waals surface area contributed by atoms with Crippen LogP contribution in [0.2, 0.25) is 15.1 Å². The van der Waals surface area contributed by atoms with Crippen molar-refractivity contribution in [2.45, 2.75) is 51.9 Å². The van der Waals surface area contributed by atoms with Crippen molar-refractivity contribution < 1.29 is 46.6 Å². The van der Waals surface area contributed by atoms with Crippen molar-refractivity contribution >= 4 is 52.4 Å². The smallest absolute Gasteiger partial charge is 0.416 e. The first-order chi connectivity index (χ1) is 25.0. The maximum Gasteiger partial charge on any atom is 0.416 e. The first-order valence-electron chi connectivity index (χ1n) is 15.5. The molecule has 3 aromatic carbocycles. The average Bonchev–Trinajstić information content (AvgIpc) is 3.44.